The molecule has 0 aromatic heterocycles. The zero-order valence-corrected chi connectivity index (χ0v) is 23.0. The third-order valence-electron chi connectivity index (χ3n) is 6.94. The first-order chi connectivity index (χ1) is 18.1. The van der Waals surface area contributed by atoms with Crippen molar-refractivity contribution in [1.82, 2.24) is 9.80 Å². The van der Waals surface area contributed by atoms with Crippen molar-refractivity contribution in [3.05, 3.63) is 94.3 Å². The van der Waals surface area contributed by atoms with Crippen molar-refractivity contribution in [2.45, 2.75) is 30.7 Å². The van der Waals surface area contributed by atoms with E-state index in [4.69, 9.17) is 11.6 Å². The molecule has 1 saturated heterocycles. The fourth-order valence-corrected chi connectivity index (χ4v) is 6.57. The molecule has 1 fully saturated rings. The molecule has 0 radical (unpaired) electrons. The van der Waals surface area contributed by atoms with E-state index in [0.717, 1.165) is 61.6 Å². The quantitative estimate of drug-likeness (QED) is 0.324. The highest BCUT2D eigenvalue weighted by Gasteiger charge is 2.33. The summed E-state index contributed by atoms with van der Waals surface area (Å²) in [5.41, 5.74) is 0.714. The maximum Gasteiger partial charge on any atom is 0.264 e. The van der Waals surface area contributed by atoms with Gasteiger partial charge < -0.3 is 9.80 Å². The Morgan fingerprint density at radius 3 is 2.24 bits per heavy atom. The van der Waals surface area contributed by atoms with Gasteiger partial charge in [-0.25, -0.2) is 21.6 Å². The number of likely N-dealkylation sites (N-methyl/N-ethyl adjacent to an activating group) is 1. The van der Waals surface area contributed by atoms with Crippen molar-refractivity contribution in [3.63, 3.8) is 0 Å². The van der Waals surface area contributed by atoms with Gasteiger partial charge in [-0.05, 0) is 93.0 Å². The molecule has 4 rings (SSSR count). The Labute approximate surface area is 227 Å². The van der Waals surface area contributed by atoms with Crippen LogP contribution in [0.15, 0.2) is 65.6 Å². The minimum atomic E-state index is -4.37. The summed E-state index contributed by atoms with van der Waals surface area (Å²) in [5, 5.41) is 0.335. The molecular formula is C28H31ClF3N3O2S. The molecule has 0 unspecified atom stereocenters. The molecule has 1 atom stereocenters. The van der Waals surface area contributed by atoms with Gasteiger partial charge in [-0.15, -0.1) is 0 Å². The van der Waals surface area contributed by atoms with Crippen LogP contribution >= 0.6 is 11.6 Å². The minimum Gasteiger partial charge on any atom is -0.304 e. The number of benzene rings is 3. The van der Waals surface area contributed by atoms with E-state index in [0.29, 0.717) is 22.6 Å². The number of rotatable bonds is 9. The van der Waals surface area contributed by atoms with Gasteiger partial charge in [-0.3, -0.25) is 4.31 Å². The largest absolute Gasteiger partial charge is 0.304 e. The highest BCUT2D eigenvalue weighted by molar-refractivity contribution is 7.92. The van der Waals surface area contributed by atoms with Crippen LogP contribution in [0.2, 0.25) is 5.02 Å². The summed E-state index contributed by atoms with van der Waals surface area (Å²) in [5.74, 6) is -2.12. The normalized spacial score (nSPS) is 15.9. The third kappa shape index (κ3) is 6.51. The van der Waals surface area contributed by atoms with Crippen molar-refractivity contribution < 1.29 is 21.6 Å². The molecule has 0 amide bonds. The summed E-state index contributed by atoms with van der Waals surface area (Å²) in [4.78, 5) is 4.49. The lowest BCUT2D eigenvalue weighted by atomic mass is 9.97. The Bertz CT molecular complexity index is 1360. The number of piperazine rings is 1. The van der Waals surface area contributed by atoms with Gasteiger partial charge in [0.25, 0.3) is 10.0 Å². The number of hydrogen-bond donors (Lipinski definition) is 0. The average molecular weight is 566 g/mol. The predicted octanol–water partition coefficient (Wildman–Crippen LogP) is 5.89. The van der Waals surface area contributed by atoms with E-state index in [1.807, 2.05) is 0 Å². The van der Waals surface area contributed by atoms with Gasteiger partial charge in [0.1, 0.15) is 17.5 Å². The third-order valence-corrected chi connectivity index (χ3v) is 9.09. The molecule has 1 heterocycles. The summed E-state index contributed by atoms with van der Waals surface area (Å²) < 4.78 is 72.2. The molecule has 0 bridgehead atoms. The number of hydrogen-bond acceptors (Lipinski definition) is 4. The molecule has 3 aromatic rings. The molecule has 204 valence electrons. The average Bonchev–Trinajstić information content (AvgIpc) is 2.87. The highest BCUT2D eigenvalue weighted by Crippen LogP contribution is 2.37. The molecule has 1 aliphatic rings. The number of halogens is 4. The van der Waals surface area contributed by atoms with Gasteiger partial charge in [0.15, 0.2) is 0 Å². The summed E-state index contributed by atoms with van der Waals surface area (Å²) >= 11 is 5.95. The van der Waals surface area contributed by atoms with Gasteiger partial charge in [0, 0.05) is 37.3 Å². The zero-order chi connectivity index (χ0) is 27.4. The molecule has 5 nitrogen and oxygen atoms in total. The van der Waals surface area contributed by atoms with Crippen LogP contribution in [-0.2, 0) is 16.4 Å². The predicted molar refractivity (Wildman–Crippen MR) is 145 cm³/mol. The van der Waals surface area contributed by atoms with E-state index in [9.17, 15) is 17.2 Å². The fraction of sp³-hybridized carbons (Fsp3) is 0.357. The Hall–Kier alpha value is -2.59. The van der Waals surface area contributed by atoms with Crippen molar-refractivity contribution in [1.29, 1.82) is 0 Å². The molecule has 38 heavy (non-hydrogen) atoms. The molecule has 0 N–H and O–H groups in total. The SMILES string of the molecule is C[C@H](c1ccc(F)cc1CCCN1CCN(C)CC1)N(c1cc(F)ccc1F)S(=O)(=O)c1ccc(Cl)cc1. The second-order valence-corrected chi connectivity index (χ2v) is 11.9. The van der Waals surface area contributed by atoms with Crippen LogP contribution < -0.4 is 4.31 Å². The van der Waals surface area contributed by atoms with Crippen LogP contribution in [-0.4, -0.2) is 58.0 Å². The van der Waals surface area contributed by atoms with E-state index >= 15 is 4.39 Å². The van der Waals surface area contributed by atoms with Gasteiger partial charge in [-0.1, -0.05) is 17.7 Å². The van der Waals surface area contributed by atoms with Gasteiger partial charge in [-0.2, -0.15) is 0 Å². The molecule has 1 aliphatic heterocycles. The molecule has 0 aliphatic carbocycles. The van der Waals surface area contributed by atoms with Crippen LogP contribution in [0.1, 0.15) is 30.5 Å². The first kappa shape index (κ1) is 28.4. The van der Waals surface area contributed by atoms with E-state index in [1.54, 1.807) is 6.92 Å². The topological polar surface area (TPSA) is 43.9 Å². The van der Waals surface area contributed by atoms with Crippen LogP contribution in [0, 0.1) is 17.5 Å². The van der Waals surface area contributed by atoms with Crippen molar-refractivity contribution in [3.8, 4) is 0 Å². The number of anilines is 1. The zero-order valence-electron chi connectivity index (χ0n) is 21.4. The first-order valence-corrected chi connectivity index (χ1v) is 14.3. The van der Waals surface area contributed by atoms with Gasteiger partial charge in [0.05, 0.1) is 16.6 Å². The lowest BCUT2D eigenvalue weighted by molar-refractivity contribution is 0.153. The summed E-state index contributed by atoms with van der Waals surface area (Å²) in [6.45, 7) is 6.29. The monoisotopic (exact) mass is 565 g/mol. The Kier molecular flexibility index (Phi) is 9.03. The lowest BCUT2D eigenvalue weighted by Crippen LogP contribution is -2.44. The van der Waals surface area contributed by atoms with Crippen LogP contribution in [0.25, 0.3) is 0 Å². The van der Waals surface area contributed by atoms with E-state index in [1.165, 1.54) is 42.5 Å². The number of nitrogens with zero attached hydrogens (tertiary/aromatic N) is 3. The second kappa shape index (κ2) is 12.1. The molecule has 0 spiro atoms. The van der Waals surface area contributed by atoms with Crippen LogP contribution in [0.4, 0.5) is 18.9 Å². The van der Waals surface area contributed by atoms with Crippen molar-refractivity contribution in [2.75, 3.05) is 44.1 Å². The number of sulfonamides is 1. The van der Waals surface area contributed by atoms with Crippen molar-refractivity contribution >= 4 is 27.3 Å². The maximum atomic E-state index is 15.0. The molecule has 3 aromatic carbocycles. The molecular weight excluding hydrogens is 535 g/mol. The maximum absolute atomic E-state index is 15.0. The van der Waals surface area contributed by atoms with Crippen LogP contribution in [0.3, 0.4) is 0 Å². The van der Waals surface area contributed by atoms with Gasteiger partial charge in [0.2, 0.25) is 0 Å². The Morgan fingerprint density at radius 1 is 0.921 bits per heavy atom. The summed E-state index contributed by atoms with van der Waals surface area (Å²) in [7, 11) is -2.28. The smallest absolute Gasteiger partial charge is 0.264 e. The first-order valence-electron chi connectivity index (χ1n) is 12.5. The highest BCUT2D eigenvalue weighted by atomic mass is 35.5. The van der Waals surface area contributed by atoms with Gasteiger partial charge >= 0.3 is 0 Å². The van der Waals surface area contributed by atoms with E-state index in [-0.39, 0.29) is 4.90 Å². The summed E-state index contributed by atoms with van der Waals surface area (Å²) in [6.07, 6.45) is 1.25. The van der Waals surface area contributed by atoms with Crippen molar-refractivity contribution in [2.24, 2.45) is 0 Å². The Balaban J connectivity index is 1.70. The second-order valence-electron chi connectivity index (χ2n) is 9.62. The molecule has 10 heteroatoms. The van der Waals surface area contributed by atoms with Crippen LogP contribution in [0.5, 0.6) is 0 Å². The standard InChI is InChI=1S/C28H31ClF3N3O2S/c1-20(26-11-7-23(30)18-21(26)4-3-13-34-16-14-33(2)15-17-34)35(28-19-24(31)8-12-27(28)32)38(36,37)25-9-5-22(29)6-10-25/h5-12,18-20H,3-4,13-17H2,1-2H3/t20-/m1/s1. The van der Waals surface area contributed by atoms with E-state index in [2.05, 4.69) is 16.8 Å². The van der Waals surface area contributed by atoms with E-state index < -0.39 is 39.2 Å². The summed E-state index contributed by atoms with van der Waals surface area (Å²) in [6, 6.07) is 11.3. The number of aryl methyl sites for hydroxylation is 1. The molecule has 0 saturated carbocycles. The fourth-order valence-electron chi connectivity index (χ4n) is 4.81. The minimum absolute atomic E-state index is 0.129. The Morgan fingerprint density at radius 2 is 1.55 bits per heavy atom. The lowest BCUT2D eigenvalue weighted by Gasteiger charge is -2.33.